The lowest BCUT2D eigenvalue weighted by molar-refractivity contribution is -0.118. The number of benzene rings is 1. The molecule has 1 unspecified atom stereocenters. The summed E-state index contributed by atoms with van der Waals surface area (Å²) >= 11 is 0. The Balaban J connectivity index is 2.77. The summed E-state index contributed by atoms with van der Waals surface area (Å²) in [4.78, 5) is 10.8. The highest BCUT2D eigenvalue weighted by Crippen LogP contribution is 2.20. The Morgan fingerprint density at radius 2 is 1.88 bits per heavy atom. The van der Waals surface area contributed by atoms with E-state index in [1.165, 1.54) is 0 Å². The predicted octanol–water partition coefficient (Wildman–Crippen LogP) is 1.04. The summed E-state index contributed by atoms with van der Waals surface area (Å²) in [7, 11) is -3.25. The van der Waals surface area contributed by atoms with Gasteiger partial charge in [-0.3, -0.25) is 9.52 Å². The fourth-order valence-electron chi connectivity index (χ4n) is 1.51. The molecular weight excluding hydrogens is 240 g/mol. The Kier molecular flexibility index (Phi) is 4.11. The molecule has 17 heavy (non-hydrogen) atoms. The smallest absolute Gasteiger partial charge is 0.229 e. The molecule has 0 saturated carbocycles. The Hall–Kier alpha value is -1.56. The third kappa shape index (κ3) is 4.86. The van der Waals surface area contributed by atoms with Gasteiger partial charge in [0.25, 0.3) is 0 Å². The van der Waals surface area contributed by atoms with Crippen LogP contribution < -0.4 is 10.5 Å². The van der Waals surface area contributed by atoms with Crippen LogP contribution in [0.25, 0.3) is 0 Å². The van der Waals surface area contributed by atoms with Gasteiger partial charge in [-0.15, -0.1) is 0 Å². The van der Waals surface area contributed by atoms with Gasteiger partial charge in [0, 0.05) is 12.1 Å². The molecule has 0 aliphatic heterocycles. The van der Waals surface area contributed by atoms with Crippen LogP contribution in [0.5, 0.6) is 0 Å². The lowest BCUT2D eigenvalue weighted by Gasteiger charge is -2.10. The van der Waals surface area contributed by atoms with Crippen molar-refractivity contribution < 1.29 is 13.2 Å². The van der Waals surface area contributed by atoms with Crippen LogP contribution in [-0.4, -0.2) is 20.6 Å². The second-order valence-electron chi connectivity index (χ2n) is 4.07. The Bertz CT molecular complexity index is 494. The van der Waals surface area contributed by atoms with Crippen LogP contribution in [0, 0.1) is 0 Å². The molecule has 0 spiro atoms. The van der Waals surface area contributed by atoms with Crippen molar-refractivity contribution >= 4 is 21.6 Å². The number of nitrogens with one attached hydrogen (secondary N) is 1. The number of hydrogen-bond donors (Lipinski definition) is 2. The van der Waals surface area contributed by atoms with Crippen molar-refractivity contribution in [2.75, 3.05) is 11.0 Å². The van der Waals surface area contributed by atoms with Gasteiger partial charge in [0.1, 0.15) is 0 Å². The number of amides is 1. The molecule has 0 heterocycles. The minimum Gasteiger partial charge on any atom is -0.370 e. The van der Waals surface area contributed by atoms with E-state index in [0.29, 0.717) is 5.69 Å². The first kappa shape index (κ1) is 13.5. The minimum atomic E-state index is -3.25. The average Bonchev–Trinajstić information content (AvgIpc) is 2.15. The van der Waals surface area contributed by atoms with Gasteiger partial charge >= 0.3 is 0 Å². The lowest BCUT2D eigenvalue weighted by atomic mass is 9.97. The van der Waals surface area contributed by atoms with Crippen LogP contribution in [0.1, 0.15) is 24.8 Å². The van der Waals surface area contributed by atoms with Crippen LogP contribution in [0.3, 0.4) is 0 Å². The van der Waals surface area contributed by atoms with Crippen molar-refractivity contribution in [3.8, 4) is 0 Å². The lowest BCUT2D eigenvalue weighted by Crippen LogP contribution is -2.14. The van der Waals surface area contributed by atoms with Crippen LogP contribution in [0.4, 0.5) is 5.69 Å². The standard InChI is InChI=1S/C11H16N2O3S/c1-8(7-11(12)14)9-3-5-10(6-4-9)13-17(2,15)16/h3-6,8,13H,7H2,1-2H3,(H2,12,14). The highest BCUT2D eigenvalue weighted by molar-refractivity contribution is 7.92. The molecule has 1 amide bonds. The maximum Gasteiger partial charge on any atom is 0.229 e. The summed E-state index contributed by atoms with van der Waals surface area (Å²) in [6, 6.07) is 6.88. The van der Waals surface area contributed by atoms with E-state index in [1.54, 1.807) is 24.3 Å². The third-order valence-electron chi connectivity index (χ3n) is 2.29. The molecule has 0 fully saturated rings. The van der Waals surface area contributed by atoms with Gasteiger partial charge < -0.3 is 5.73 Å². The molecule has 0 bridgehead atoms. The van der Waals surface area contributed by atoms with Gasteiger partial charge in [-0.1, -0.05) is 19.1 Å². The minimum absolute atomic E-state index is 0.0276. The number of primary amides is 1. The molecule has 0 radical (unpaired) electrons. The largest absolute Gasteiger partial charge is 0.370 e. The number of sulfonamides is 1. The number of rotatable bonds is 5. The van der Waals surface area contributed by atoms with Crippen molar-refractivity contribution in [3.05, 3.63) is 29.8 Å². The second kappa shape index (κ2) is 5.18. The van der Waals surface area contributed by atoms with Crippen LogP contribution in [0.2, 0.25) is 0 Å². The first-order valence-corrected chi connectivity index (χ1v) is 7.03. The monoisotopic (exact) mass is 256 g/mol. The molecule has 3 N–H and O–H groups in total. The van der Waals surface area contributed by atoms with E-state index in [4.69, 9.17) is 5.73 Å². The highest BCUT2D eigenvalue weighted by atomic mass is 32.2. The van der Waals surface area contributed by atoms with E-state index < -0.39 is 10.0 Å². The summed E-state index contributed by atoms with van der Waals surface area (Å²) in [6.07, 6.45) is 1.37. The molecule has 6 heteroatoms. The highest BCUT2D eigenvalue weighted by Gasteiger charge is 2.09. The van der Waals surface area contributed by atoms with Gasteiger partial charge in [0.15, 0.2) is 0 Å². The van der Waals surface area contributed by atoms with Crippen LogP contribution in [0.15, 0.2) is 24.3 Å². The van der Waals surface area contributed by atoms with Crippen LogP contribution >= 0.6 is 0 Å². The average molecular weight is 256 g/mol. The zero-order chi connectivity index (χ0) is 13.1. The van der Waals surface area contributed by atoms with Crippen molar-refractivity contribution in [2.24, 2.45) is 5.73 Å². The zero-order valence-electron chi connectivity index (χ0n) is 9.80. The molecule has 1 aromatic rings. The Morgan fingerprint density at radius 3 is 2.29 bits per heavy atom. The Morgan fingerprint density at radius 1 is 1.35 bits per heavy atom. The maximum absolute atomic E-state index is 11.0. The van der Waals surface area contributed by atoms with Crippen LogP contribution in [-0.2, 0) is 14.8 Å². The van der Waals surface area contributed by atoms with Gasteiger partial charge in [-0.2, -0.15) is 0 Å². The van der Waals surface area contributed by atoms with E-state index in [1.807, 2.05) is 6.92 Å². The van der Waals surface area contributed by atoms with E-state index >= 15 is 0 Å². The molecular formula is C11H16N2O3S. The molecule has 5 nitrogen and oxygen atoms in total. The maximum atomic E-state index is 11.0. The van der Waals surface area contributed by atoms with E-state index in [-0.39, 0.29) is 18.2 Å². The number of anilines is 1. The van der Waals surface area contributed by atoms with Crippen molar-refractivity contribution in [1.82, 2.24) is 0 Å². The number of carbonyl (C=O) groups excluding carboxylic acids is 1. The predicted molar refractivity (Wildman–Crippen MR) is 67.1 cm³/mol. The third-order valence-corrected chi connectivity index (χ3v) is 2.90. The fraction of sp³-hybridized carbons (Fsp3) is 0.364. The first-order chi connectivity index (χ1) is 7.78. The molecule has 1 rings (SSSR count). The van der Waals surface area contributed by atoms with Gasteiger partial charge in [0.05, 0.1) is 6.26 Å². The quantitative estimate of drug-likeness (QED) is 0.824. The van der Waals surface area contributed by atoms with Crippen molar-refractivity contribution in [2.45, 2.75) is 19.3 Å². The van der Waals surface area contributed by atoms with E-state index in [9.17, 15) is 13.2 Å². The molecule has 0 aliphatic rings. The van der Waals surface area contributed by atoms with Crippen molar-refractivity contribution in [1.29, 1.82) is 0 Å². The molecule has 0 aliphatic carbocycles. The summed E-state index contributed by atoms with van der Waals surface area (Å²) in [5.74, 6) is -0.323. The summed E-state index contributed by atoms with van der Waals surface area (Å²) < 4.78 is 24.4. The normalized spacial score (nSPS) is 13.1. The van der Waals surface area contributed by atoms with E-state index in [0.717, 1.165) is 11.8 Å². The Labute approximate surface area is 101 Å². The number of carbonyl (C=O) groups is 1. The molecule has 1 atom stereocenters. The molecule has 0 aromatic heterocycles. The summed E-state index contributed by atoms with van der Waals surface area (Å²) in [5, 5.41) is 0. The summed E-state index contributed by atoms with van der Waals surface area (Å²) in [5.41, 5.74) is 6.56. The molecule has 1 aromatic carbocycles. The molecule has 94 valence electrons. The second-order valence-corrected chi connectivity index (χ2v) is 5.82. The molecule has 0 saturated heterocycles. The van der Waals surface area contributed by atoms with Crippen molar-refractivity contribution in [3.63, 3.8) is 0 Å². The summed E-state index contributed by atoms with van der Waals surface area (Å²) in [6.45, 7) is 1.89. The van der Waals surface area contributed by atoms with Gasteiger partial charge in [0.2, 0.25) is 15.9 Å². The topological polar surface area (TPSA) is 89.3 Å². The zero-order valence-corrected chi connectivity index (χ0v) is 10.6. The fourth-order valence-corrected chi connectivity index (χ4v) is 2.08. The van der Waals surface area contributed by atoms with E-state index in [2.05, 4.69) is 4.72 Å². The first-order valence-electron chi connectivity index (χ1n) is 5.14. The number of nitrogens with two attached hydrogens (primary N) is 1. The SMILES string of the molecule is CC(CC(N)=O)c1ccc(NS(C)(=O)=O)cc1. The van der Waals surface area contributed by atoms with Gasteiger partial charge in [-0.05, 0) is 23.6 Å². The number of hydrogen-bond acceptors (Lipinski definition) is 3. The van der Waals surface area contributed by atoms with Gasteiger partial charge in [-0.25, -0.2) is 8.42 Å².